The SMILES string of the molecule is CC(=O)c1ccc(OCC(=O)OC(C)c2nc3ncc(Br)cc3[nH]2)cc1. The third-order valence-electron chi connectivity index (χ3n) is 3.63. The van der Waals surface area contributed by atoms with E-state index in [1.165, 1.54) is 6.92 Å². The highest BCUT2D eigenvalue weighted by Crippen LogP contribution is 2.20. The van der Waals surface area contributed by atoms with Crippen LogP contribution in [0, 0.1) is 0 Å². The molecule has 1 atom stereocenters. The van der Waals surface area contributed by atoms with Crippen molar-refractivity contribution in [2.24, 2.45) is 0 Å². The number of carbonyl (C=O) groups excluding carboxylic acids is 2. The number of pyridine rings is 1. The summed E-state index contributed by atoms with van der Waals surface area (Å²) < 4.78 is 11.5. The molecule has 1 aromatic carbocycles. The van der Waals surface area contributed by atoms with E-state index in [0.717, 1.165) is 9.99 Å². The fourth-order valence-electron chi connectivity index (χ4n) is 2.30. The first-order valence-corrected chi connectivity index (χ1v) is 8.66. The molecule has 2 heterocycles. The van der Waals surface area contributed by atoms with Gasteiger partial charge in [0.15, 0.2) is 24.1 Å². The number of rotatable bonds is 6. The molecule has 0 aliphatic rings. The zero-order valence-electron chi connectivity index (χ0n) is 14.2. The molecule has 2 aromatic heterocycles. The number of nitrogens with one attached hydrogen (secondary N) is 1. The predicted octanol–water partition coefficient (Wildman–Crippen LogP) is 3.61. The van der Waals surface area contributed by atoms with Crippen molar-refractivity contribution in [3.63, 3.8) is 0 Å². The highest BCUT2D eigenvalue weighted by molar-refractivity contribution is 9.10. The normalized spacial score (nSPS) is 12.0. The minimum absolute atomic E-state index is 0.0304. The van der Waals surface area contributed by atoms with E-state index in [2.05, 4.69) is 30.9 Å². The van der Waals surface area contributed by atoms with Crippen molar-refractivity contribution in [1.82, 2.24) is 15.0 Å². The lowest BCUT2D eigenvalue weighted by atomic mass is 10.1. The van der Waals surface area contributed by atoms with Gasteiger partial charge in [0.25, 0.3) is 0 Å². The molecule has 3 aromatic rings. The molecular formula is C18H16BrN3O4. The van der Waals surface area contributed by atoms with Crippen LogP contribution < -0.4 is 4.74 Å². The number of hydrogen-bond acceptors (Lipinski definition) is 6. The fourth-order valence-corrected chi connectivity index (χ4v) is 2.63. The number of halogens is 1. The Morgan fingerprint density at radius 2 is 2.00 bits per heavy atom. The lowest BCUT2D eigenvalue weighted by Crippen LogP contribution is -2.17. The Morgan fingerprint density at radius 3 is 2.69 bits per heavy atom. The number of ketones is 1. The third-order valence-corrected chi connectivity index (χ3v) is 4.07. The highest BCUT2D eigenvalue weighted by Gasteiger charge is 2.16. The number of ether oxygens (including phenoxy) is 2. The summed E-state index contributed by atoms with van der Waals surface area (Å²) in [6, 6.07) is 8.41. The molecule has 0 bridgehead atoms. The van der Waals surface area contributed by atoms with Gasteiger partial charge in [0.1, 0.15) is 11.6 Å². The summed E-state index contributed by atoms with van der Waals surface area (Å²) in [6.07, 6.45) is 1.08. The van der Waals surface area contributed by atoms with E-state index >= 15 is 0 Å². The Kier molecular flexibility index (Phi) is 5.32. The Labute approximate surface area is 157 Å². The van der Waals surface area contributed by atoms with Crippen molar-refractivity contribution in [3.8, 4) is 5.75 Å². The topological polar surface area (TPSA) is 94.2 Å². The predicted molar refractivity (Wildman–Crippen MR) is 98.0 cm³/mol. The van der Waals surface area contributed by atoms with E-state index in [4.69, 9.17) is 9.47 Å². The van der Waals surface area contributed by atoms with Crippen molar-refractivity contribution in [3.05, 3.63) is 52.4 Å². The molecule has 0 aliphatic heterocycles. The maximum atomic E-state index is 12.0. The number of Topliss-reactive ketones (excluding diaryl/α,β-unsaturated/α-hetero) is 1. The molecule has 0 spiro atoms. The van der Waals surface area contributed by atoms with Crippen LogP contribution in [0.2, 0.25) is 0 Å². The second-order valence-corrected chi connectivity index (χ2v) is 6.56. The first-order valence-electron chi connectivity index (χ1n) is 7.87. The molecule has 0 amide bonds. The van der Waals surface area contributed by atoms with Crippen molar-refractivity contribution in [1.29, 1.82) is 0 Å². The van der Waals surface area contributed by atoms with Crippen LogP contribution in [0.1, 0.15) is 36.1 Å². The van der Waals surface area contributed by atoms with Crippen LogP contribution in [0.5, 0.6) is 5.75 Å². The van der Waals surface area contributed by atoms with E-state index in [0.29, 0.717) is 22.8 Å². The standard InChI is InChI=1S/C18H16BrN3O4/c1-10(23)12-3-5-14(6-4-12)25-9-16(24)26-11(2)17-21-15-7-13(19)8-20-18(15)22-17/h3-8,11H,9H2,1-2H3,(H,20,21,22). The minimum atomic E-state index is -0.570. The third kappa shape index (κ3) is 4.26. The van der Waals surface area contributed by atoms with E-state index in [9.17, 15) is 9.59 Å². The Hall–Kier alpha value is -2.74. The number of benzene rings is 1. The number of hydrogen-bond donors (Lipinski definition) is 1. The Bertz CT molecular complexity index is 953. The summed E-state index contributed by atoms with van der Waals surface area (Å²) in [6.45, 7) is 2.96. The lowest BCUT2D eigenvalue weighted by Gasteiger charge is -2.11. The number of aromatic nitrogens is 3. The monoisotopic (exact) mass is 417 g/mol. The highest BCUT2D eigenvalue weighted by atomic mass is 79.9. The average Bonchev–Trinajstić information content (AvgIpc) is 3.03. The fraction of sp³-hybridized carbons (Fsp3) is 0.222. The molecule has 7 nitrogen and oxygen atoms in total. The van der Waals surface area contributed by atoms with Gasteiger partial charge >= 0.3 is 5.97 Å². The van der Waals surface area contributed by atoms with Crippen LogP contribution in [-0.4, -0.2) is 33.3 Å². The minimum Gasteiger partial charge on any atom is -0.482 e. The van der Waals surface area contributed by atoms with Gasteiger partial charge in [-0.3, -0.25) is 4.79 Å². The molecule has 3 rings (SSSR count). The van der Waals surface area contributed by atoms with E-state index in [1.54, 1.807) is 37.4 Å². The number of aromatic amines is 1. The molecule has 0 radical (unpaired) electrons. The Balaban J connectivity index is 1.57. The average molecular weight is 418 g/mol. The van der Waals surface area contributed by atoms with Gasteiger partial charge < -0.3 is 14.5 Å². The molecule has 0 saturated carbocycles. The zero-order valence-corrected chi connectivity index (χ0v) is 15.7. The smallest absolute Gasteiger partial charge is 0.344 e. The molecule has 0 fully saturated rings. The molecule has 1 unspecified atom stereocenters. The van der Waals surface area contributed by atoms with Gasteiger partial charge in [0, 0.05) is 16.2 Å². The van der Waals surface area contributed by atoms with E-state index in [-0.39, 0.29) is 12.4 Å². The van der Waals surface area contributed by atoms with Crippen LogP contribution in [-0.2, 0) is 9.53 Å². The zero-order chi connectivity index (χ0) is 18.7. The molecule has 26 heavy (non-hydrogen) atoms. The van der Waals surface area contributed by atoms with Crippen molar-refractivity contribution < 1.29 is 19.1 Å². The van der Waals surface area contributed by atoms with Gasteiger partial charge in [-0.1, -0.05) is 0 Å². The number of fused-ring (bicyclic) bond motifs is 1. The molecule has 0 saturated heterocycles. The van der Waals surface area contributed by atoms with Gasteiger partial charge in [0.2, 0.25) is 0 Å². The van der Waals surface area contributed by atoms with Gasteiger partial charge in [-0.15, -0.1) is 0 Å². The number of esters is 1. The largest absolute Gasteiger partial charge is 0.482 e. The number of nitrogens with zero attached hydrogens (tertiary/aromatic N) is 2. The summed E-state index contributed by atoms with van der Waals surface area (Å²) >= 11 is 3.34. The van der Waals surface area contributed by atoms with Crippen molar-refractivity contribution in [2.75, 3.05) is 6.61 Å². The number of H-pyrrole nitrogens is 1. The summed E-state index contributed by atoms with van der Waals surface area (Å²) in [7, 11) is 0. The molecule has 8 heteroatoms. The lowest BCUT2D eigenvalue weighted by molar-refractivity contribution is -0.151. The summed E-state index contributed by atoms with van der Waals surface area (Å²) in [5.74, 6) is 0.432. The molecular weight excluding hydrogens is 402 g/mol. The number of imidazole rings is 1. The van der Waals surface area contributed by atoms with Gasteiger partial charge in [-0.25, -0.2) is 14.8 Å². The molecule has 0 aliphatic carbocycles. The first-order chi connectivity index (χ1) is 12.4. The quantitative estimate of drug-likeness (QED) is 0.486. The second kappa shape index (κ2) is 7.65. The maximum absolute atomic E-state index is 12.0. The van der Waals surface area contributed by atoms with Crippen molar-refractivity contribution in [2.45, 2.75) is 20.0 Å². The van der Waals surface area contributed by atoms with Crippen LogP contribution in [0.25, 0.3) is 11.2 Å². The summed E-state index contributed by atoms with van der Waals surface area (Å²) in [5, 5.41) is 0. The van der Waals surface area contributed by atoms with Crippen LogP contribution in [0.3, 0.4) is 0 Å². The second-order valence-electron chi connectivity index (χ2n) is 5.65. The van der Waals surface area contributed by atoms with Crippen LogP contribution in [0.4, 0.5) is 0 Å². The summed E-state index contributed by atoms with van der Waals surface area (Å²) in [5.41, 5.74) is 1.88. The van der Waals surface area contributed by atoms with Crippen LogP contribution in [0.15, 0.2) is 41.0 Å². The number of carbonyl (C=O) groups is 2. The van der Waals surface area contributed by atoms with Gasteiger partial charge in [-0.05, 0) is 60.1 Å². The van der Waals surface area contributed by atoms with Crippen molar-refractivity contribution >= 4 is 38.8 Å². The van der Waals surface area contributed by atoms with E-state index in [1.807, 2.05) is 6.07 Å². The summed E-state index contributed by atoms with van der Waals surface area (Å²) in [4.78, 5) is 34.8. The van der Waals surface area contributed by atoms with E-state index < -0.39 is 12.1 Å². The van der Waals surface area contributed by atoms with Gasteiger partial charge in [0.05, 0.1) is 5.52 Å². The Morgan fingerprint density at radius 1 is 1.27 bits per heavy atom. The first kappa shape index (κ1) is 18.1. The van der Waals surface area contributed by atoms with Gasteiger partial charge in [-0.2, -0.15) is 0 Å². The van der Waals surface area contributed by atoms with Crippen LogP contribution >= 0.6 is 15.9 Å². The molecule has 134 valence electrons. The molecule has 1 N–H and O–H groups in total. The maximum Gasteiger partial charge on any atom is 0.344 e.